The topological polar surface area (TPSA) is 118 Å². The molecule has 5 rings (SSSR count). The molecule has 0 spiro atoms. The smallest absolute Gasteiger partial charge is 0.267 e. The summed E-state index contributed by atoms with van der Waals surface area (Å²) in [6.07, 6.45) is 1.14. The van der Waals surface area contributed by atoms with E-state index in [4.69, 9.17) is 10.3 Å². The molecule has 0 fully saturated rings. The van der Waals surface area contributed by atoms with Crippen LogP contribution >= 0.6 is 45.2 Å². The number of anilines is 4. The van der Waals surface area contributed by atoms with E-state index in [-0.39, 0.29) is 22.8 Å². The van der Waals surface area contributed by atoms with Crippen molar-refractivity contribution in [2.75, 3.05) is 10.6 Å². The van der Waals surface area contributed by atoms with Gasteiger partial charge in [0.1, 0.15) is 0 Å². The fraction of sp³-hybridized carbons (Fsp3) is 0.0690. The Kier molecular flexibility index (Phi) is 10.6. The monoisotopic (exact) mass is 816 g/mol. The van der Waals surface area contributed by atoms with Crippen LogP contribution in [-0.4, -0.2) is 16.1 Å². The molecule has 0 aliphatic heterocycles. The van der Waals surface area contributed by atoms with Gasteiger partial charge in [0.05, 0.1) is 22.5 Å². The maximum atomic E-state index is 14.2. The summed E-state index contributed by atoms with van der Waals surface area (Å²) in [4.78, 5) is 11.7. The van der Waals surface area contributed by atoms with Gasteiger partial charge in [-0.1, -0.05) is 0 Å². The molecule has 0 aliphatic carbocycles. The molecule has 5 N–H and O–H groups in total. The zero-order valence-corrected chi connectivity index (χ0v) is 26.7. The first-order valence-corrected chi connectivity index (χ1v) is 14.5. The number of nitrogens with two attached hydrogens (primary N) is 1. The van der Waals surface area contributed by atoms with Gasteiger partial charge in [-0.3, -0.25) is 10.2 Å². The van der Waals surface area contributed by atoms with Crippen molar-refractivity contribution in [3.8, 4) is 11.5 Å². The number of aromatic nitrogens is 2. The van der Waals surface area contributed by atoms with Crippen LogP contribution in [0.1, 0.15) is 21.5 Å². The highest BCUT2D eigenvalue weighted by Gasteiger charge is 2.20. The van der Waals surface area contributed by atoms with Crippen molar-refractivity contribution in [1.82, 2.24) is 15.6 Å². The lowest BCUT2D eigenvalue weighted by molar-refractivity contribution is 0.0954. The van der Waals surface area contributed by atoms with Crippen molar-refractivity contribution in [1.29, 1.82) is 0 Å². The number of carbonyl (C=O) groups excluding carboxylic acids is 1. The zero-order valence-electron chi connectivity index (χ0n) is 22.4. The highest BCUT2D eigenvalue weighted by Crippen LogP contribution is 2.34. The summed E-state index contributed by atoms with van der Waals surface area (Å²) in [6, 6.07) is 15.5. The average molecular weight is 816 g/mol. The van der Waals surface area contributed by atoms with Gasteiger partial charge in [-0.25, -0.2) is 23.4 Å². The Bertz CT molecular complexity index is 1790. The van der Waals surface area contributed by atoms with E-state index >= 15 is 0 Å². The Labute approximate surface area is 270 Å². The van der Waals surface area contributed by atoms with Crippen LogP contribution in [0.2, 0.25) is 0 Å². The van der Waals surface area contributed by atoms with E-state index in [1.807, 2.05) is 43.5 Å². The van der Waals surface area contributed by atoms with Crippen molar-refractivity contribution < 1.29 is 26.8 Å². The molecular weight excluding hydrogens is 794 g/mol. The Morgan fingerprint density at radius 1 is 0.791 bits per heavy atom. The molecular formula is C29H22F4I2N6O2. The predicted molar refractivity (Wildman–Crippen MR) is 172 cm³/mol. The lowest BCUT2D eigenvalue weighted by Crippen LogP contribution is -2.30. The summed E-state index contributed by atoms with van der Waals surface area (Å²) in [5.74, 6) is 0.347. The molecule has 43 heavy (non-hydrogen) atoms. The largest absolute Gasteiger partial charge is 0.423 e. The number of hydrogen-bond acceptors (Lipinski definition) is 7. The highest BCUT2D eigenvalue weighted by molar-refractivity contribution is 14.1. The molecule has 0 aliphatic rings. The number of nitrogen functional groups attached to an aromatic ring is 1. The third-order valence-electron chi connectivity index (χ3n) is 6.05. The van der Waals surface area contributed by atoms with Crippen molar-refractivity contribution >= 4 is 73.8 Å². The number of aryl methyl sites for hydroxylation is 2. The summed E-state index contributed by atoms with van der Waals surface area (Å²) in [5.41, 5.74) is 4.85. The number of halogens is 6. The Balaban J connectivity index is 0.000000197. The molecule has 0 radical (unpaired) electrons. The molecule has 1 heterocycles. The number of hydrazine groups is 1. The van der Waals surface area contributed by atoms with Crippen LogP contribution in [0.3, 0.4) is 0 Å². The SMILES string of the molecule is Cc1cc(I)ccc1Nc1c(-c2nnco2)ccc(F)c1F.Cc1cc(I)ccc1Nc1c(C(=O)NN)ccc(F)c1F. The van der Waals surface area contributed by atoms with Crippen molar-refractivity contribution in [3.05, 3.63) is 114 Å². The van der Waals surface area contributed by atoms with Crippen LogP contribution in [0.25, 0.3) is 11.5 Å². The molecule has 5 aromatic rings. The van der Waals surface area contributed by atoms with E-state index in [2.05, 4.69) is 66.0 Å². The van der Waals surface area contributed by atoms with Gasteiger partial charge >= 0.3 is 0 Å². The minimum Gasteiger partial charge on any atom is -0.423 e. The second-order valence-electron chi connectivity index (χ2n) is 8.95. The Hall–Kier alpha value is -3.77. The lowest BCUT2D eigenvalue weighted by Gasteiger charge is -2.14. The molecule has 0 saturated carbocycles. The van der Waals surface area contributed by atoms with Crippen LogP contribution in [0.15, 0.2) is 71.5 Å². The van der Waals surface area contributed by atoms with Gasteiger partial charge in [0.2, 0.25) is 12.3 Å². The average Bonchev–Trinajstić information content (AvgIpc) is 3.51. The highest BCUT2D eigenvalue weighted by atomic mass is 127. The number of nitrogens with zero attached hydrogens (tertiary/aromatic N) is 2. The number of carbonyl (C=O) groups is 1. The quantitative estimate of drug-likeness (QED) is 0.0453. The summed E-state index contributed by atoms with van der Waals surface area (Å²) >= 11 is 4.33. The van der Waals surface area contributed by atoms with Gasteiger partial charge < -0.3 is 15.1 Å². The molecule has 0 bridgehead atoms. The molecule has 0 saturated heterocycles. The van der Waals surface area contributed by atoms with Crippen molar-refractivity contribution in [2.24, 2.45) is 5.84 Å². The third-order valence-corrected chi connectivity index (χ3v) is 7.39. The maximum Gasteiger partial charge on any atom is 0.267 e. The van der Waals surface area contributed by atoms with E-state index in [0.29, 0.717) is 16.9 Å². The second kappa shape index (κ2) is 14.1. The van der Waals surface area contributed by atoms with E-state index in [0.717, 1.165) is 36.8 Å². The number of nitrogens with one attached hydrogen (secondary N) is 3. The second-order valence-corrected chi connectivity index (χ2v) is 11.4. The van der Waals surface area contributed by atoms with Gasteiger partial charge in [-0.15, -0.1) is 10.2 Å². The van der Waals surface area contributed by atoms with Gasteiger partial charge in [-0.05, 0) is 131 Å². The standard InChI is InChI=1S/C15H10F2IN3O.C14H12F2IN3O/c1-8-6-9(18)2-5-12(8)20-14-10(15-21-19-7-22-15)3-4-11(16)13(14)17;1-7-6-8(17)2-5-11(7)19-13-9(14(21)20-18)3-4-10(15)12(13)16/h2-7,20H,1H3;2-6,19H,18H2,1H3,(H,20,21). The Morgan fingerprint density at radius 2 is 1.33 bits per heavy atom. The summed E-state index contributed by atoms with van der Waals surface area (Å²) < 4.78 is 62.4. The summed E-state index contributed by atoms with van der Waals surface area (Å²) in [5, 5.41) is 13.0. The third kappa shape index (κ3) is 7.61. The number of amides is 1. The molecule has 8 nitrogen and oxygen atoms in total. The number of hydrogen-bond donors (Lipinski definition) is 4. The molecule has 14 heteroatoms. The minimum absolute atomic E-state index is 0.0337. The van der Waals surface area contributed by atoms with Gasteiger partial charge in [-0.2, -0.15) is 0 Å². The molecule has 0 atom stereocenters. The molecule has 1 amide bonds. The number of benzene rings is 4. The zero-order chi connectivity index (χ0) is 31.3. The fourth-order valence-electron chi connectivity index (χ4n) is 3.89. The molecule has 4 aromatic carbocycles. The first-order valence-electron chi connectivity index (χ1n) is 12.3. The Morgan fingerprint density at radius 3 is 1.84 bits per heavy atom. The van der Waals surface area contributed by atoms with Gasteiger partial charge in [0.25, 0.3) is 5.91 Å². The minimum atomic E-state index is -1.13. The van der Waals surface area contributed by atoms with E-state index < -0.39 is 29.2 Å². The van der Waals surface area contributed by atoms with Crippen molar-refractivity contribution in [2.45, 2.75) is 13.8 Å². The molecule has 222 valence electrons. The molecule has 0 unspecified atom stereocenters. The van der Waals surface area contributed by atoms with Crippen LogP contribution in [0.4, 0.5) is 40.3 Å². The first kappa shape index (κ1) is 32.2. The predicted octanol–water partition coefficient (Wildman–Crippen LogP) is 7.90. The van der Waals surface area contributed by atoms with Gasteiger partial charge in [0, 0.05) is 18.5 Å². The van der Waals surface area contributed by atoms with Crippen LogP contribution < -0.4 is 21.9 Å². The van der Waals surface area contributed by atoms with Crippen LogP contribution in [0, 0.1) is 44.3 Å². The van der Waals surface area contributed by atoms with E-state index in [9.17, 15) is 22.4 Å². The van der Waals surface area contributed by atoms with Gasteiger partial charge in [0.15, 0.2) is 23.3 Å². The number of rotatable bonds is 6. The normalized spacial score (nSPS) is 10.5. The van der Waals surface area contributed by atoms with Crippen LogP contribution in [0.5, 0.6) is 0 Å². The first-order chi connectivity index (χ1) is 20.5. The fourth-order valence-corrected chi connectivity index (χ4v) is 5.18. The maximum absolute atomic E-state index is 14.2. The summed E-state index contributed by atoms with van der Waals surface area (Å²) in [6.45, 7) is 3.71. The van der Waals surface area contributed by atoms with E-state index in [1.165, 1.54) is 12.1 Å². The lowest BCUT2D eigenvalue weighted by atomic mass is 10.1. The van der Waals surface area contributed by atoms with E-state index in [1.54, 1.807) is 12.1 Å². The van der Waals surface area contributed by atoms with Crippen molar-refractivity contribution in [3.63, 3.8) is 0 Å². The van der Waals surface area contributed by atoms with Crippen LogP contribution in [-0.2, 0) is 0 Å². The summed E-state index contributed by atoms with van der Waals surface area (Å²) in [7, 11) is 0. The molecule has 1 aromatic heterocycles.